The molecule has 0 N–H and O–H groups in total. The third-order valence-electron chi connectivity index (χ3n) is 12.0. The van der Waals surface area contributed by atoms with Crippen LogP contribution in [0, 0.1) is 0 Å². The fraction of sp³-hybridized carbons (Fsp3) is 0.0870. The van der Waals surface area contributed by atoms with Gasteiger partial charge in [0.1, 0.15) is 57.5 Å². The van der Waals surface area contributed by atoms with Crippen LogP contribution in [0.25, 0.3) is 27.5 Å². The molecule has 8 aromatic rings. The maximum absolute atomic E-state index is 7.06. The third kappa shape index (κ3) is 3.63. The molecule has 254 valence electrons. The molecule has 0 amide bonds. The summed E-state index contributed by atoms with van der Waals surface area (Å²) in [5, 5.41) is 2.40. The van der Waals surface area contributed by atoms with Gasteiger partial charge in [-0.2, -0.15) is 0 Å². The number of benzene rings is 7. The first kappa shape index (κ1) is 29.0. The number of ether oxygens (including phenoxy) is 5. The van der Waals surface area contributed by atoms with Crippen LogP contribution in [0.15, 0.2) is 121 Å². The number of fused-ring (bicyclic) bond motifs is 3. The highest BCUT2D eigenvalue weighted by Gasteiger charge is 2.48. The Morgan fingerprint density at radius 2 is 0.815 bits per heavy atom. The second kappa shape index (κ2) is 9.71. The highest BCUT2D eigenvalue weighted by atomic mass is 16.5. The first-order valence-electron chi connectivity index (χ1n) is 18.6. The molecule has 54 heavy (non-hydrogen) atoms. The number of hydrogen-bond donors (Lipinski definition) is 0. The van der Waals surface area contributed by atoms with Crippen molar-refractivity contribution in [3.05, 3.63) is 127 Å². The van der Waals surface area contributed by atoms with Gasteiger partial charge in [0.2, 0.25) is 0 Å². The summed E-state index contributed by atoms with van der Waals surface area (Å²) in [5.41, 5.74) is 10.3. The van der Waals surface area contributed by atoms with Crippen LogP contribution in [0.2, 0.25) is 0 Å². The summed E-state index contributed by atoms with van der Waals surface area (Å²) in [6.07, 6.45) is 0. The summed E-state index contributed by atoms with van der Waals surface area (Å²) in [6, 6.07) is 42.4. The van der Waals surface area contributed by atoms with Gasteiger partial charge in [-0.05, 0) is 70.4 Å². The lowest BCUT2D eigenvalue weighted by molar-refractivity contribution is 0.441. The molecule has 0 radical (unpaired) electrons. The van der Waals surface area contributed by atoms with Crippen molar-refractivity contribution in [3.8, 4) is 63.2 Å². The van der Waals surface area contributed by atoms with Crippen molar-refractivity contribution in [2.24, 2.45) is 0 Å². The van der Waals surface area contributed by atoms with E-state index in [9.17, 15) is 0 Å². The number of hydrogen-bond acceptors (Lipinski definition) is 5. The molecule has 8 heteroatoms. The zero-order valence-corrected chi connectivity index (χ0v) is 29.7. The molecule has 0 aliphatic carbocycles. The fourth-order valence-corrected chi connectivity index (χ4v) is 9.56. The van der Waals surface area contributed by atoms with Gasteiger partial charge in [0, 0.05) is 50.8 Å². The van der Waals surface area contributed by atoms with Crippen molar-refractivity contribution in [2.45, 2.75) is 26.2 Å². The highest BCUT2D eigenvalue weighted by molar-refractivity contribution is 7.01. The van der Waals surface area contributed by atoms with Crippen molar-refractivity contribution < 1.29 is 23.7 Å². The average molecular weight is 697 g/mol. The van der Waals surface area contributed by atoms with E-state index in [1.54, 1.807) is 0 Å². The Morgan fingerprint density at radius 3 is 1.30 bits per heavy atom. The van der Waals surface area contributed by atoms with Crippen LogP contribution in [0.4, 0.5) is 0 Å². The zero-order valence-electron chi connectivity index (χ0n) is 29.7. The molecule has 0 atom stereocenters. The van der Waals surface area contributed by atoms with Crippen molar-refractivity contribution >= 4 is 68.0 Å². The molecule has 6 heterocycles. The van der Waals surface area contributed by atoms with E-state index in [0.717, 1.165) is 113 Å². The maximum Gasteiger partial charge on any atom is 0.265 e. The van der Waals surface area contributed by atoms with E-state index in [4.69, 9.17) is 23.7 Å². The van der Waals surface area contributed by atoms with Crippen LogP contribution in [0.5, 0.6) is 57.5 Å². The van der Waals surface area contributed by atoms with Gasteiger partial charge in [-0.25, -0.2) is 0 Å². The summed E-state index contributed by atoms with van der Waals surface area (Å²) in [5.74, 6) is 7.72. The van der Waals surface area contributed by atoms with Crippen LogP contribution >= 0.6 is 0 Å². The Kier molecular flexibility index (Phi) is 5.21. The molecule has 5 aliphatic rings. The maximum atomic E-state index is 7.06. The summed E-state index contributed by atoms with van der Waals surface area (Å²) >= 11 is 0. The summed E-state index contributed by atoms with van der Waals surface area (Å²) in [4.78, 5) is 0. The molecule has 7 aromatic carbocycles. The Balaban J connectivity index is 1.10. The van der Waals surface area contributed by atoms with Gasteiger partial charge in [-0.3, -0.25) is 0 Å². The van der Waals surface area contributed by atoms with E-state index in [0.29, 0.717) is 0 Å². The van der Waals surface area contributed by atoms with Gasteiger partial charge in [0.05, 0.1) is 16.7 Å². The molecule has 5 aliphatic heterocycles. The monoisotopic (exact) mass is 697 g/mol. The lowest BCUT2D eigenvalue weighted by Gasteiger charge is -2.39. The molecule has 6 nitrogen and oxygen atoms in total. The smallest absolute Gasteiger partial charge is 0.265 e. The van der Waals surface area contributed by atoms with E-state index >= 15 is 0 Å². The topological polar surface area (TPSA) is 51.1 Å². The minimum absolute atomic E-state index is 0.112. The molecule has 2 bridgehead atoms. The van der Waals surface area contributed by atoms with Crippen molar-refractivity contribution in [1.82, 2.24) is 4.57 Å². The summed E-state index contributed by atoms with van der Waals surface area (Å²) < 4.78 is 36.9. The standard InChI is InChI=1S/C46H29B2NO5/c1-46(2,3)24-18-38-44-39(19-24)53-36-23-37-29-22-28(36)47(44)42-32(14-8-16-34(42)51-38)50-33-15-9-17-35-43(33)48(29)45-40(52-35)20-25(21-41(45)54-37)49-30-12-6-4-10-26(30)27-11-5-7-13-31(27)49/h4-23H,1-3H3. The van der Waals surface area contributed by atoms with Gasteiger partial charge in [0.25, 0.3) is 13.4 Å². The predicted octanol–water partition coefficient (Wildman–Crippen LogP) is 7.64. The van der Waals surface area contributed by atoms with Gasteiger partial charge < -0.3 is 28.3 Å². The molecule has 0 saturated heterocycles. The highest BCUT2D eigenvalue weighted by Crippen LogP contribution is 2.45. The molecule has 0 saturated carbocycles. The lowest BCUT2D eigenvalue weighted by Crippen LogP contribution is -2.62. The Morgan fingerprint density at radius 1 is 0.407 bits per heavy atom. The quantitative estimate of drug-likeness (QED) is 0.165. The van der Waals surface area contributed by atoms with E-state index < -0.39 is 0 Å². The van der Waals surface area contributed by atoms with Crippen LogP contribution in [-0.2, 0) is 5.41 Å². The van der Waals surface area contributed by atoms with Crippen LogP contribution in [0.3, 0.4) is 0 Å². The van der Waals surface area contributed by atoms with Gasteiger partial charge >= 0.3 is 0 Å². The summed E-state index contributed by atoms with van der Waals surface area (Å²) in [6.45, 7) is 6.28. The molecule has 0 spiro atoms. The lowest BCUT2D eigenvalue weighted by atomic mass is 9.31. The minimum atomic E-state index is -0.204. The van der Waals surface area contributed by atoms with Crippen LogP contribution in [0.1, 0.15) is 26.3 Å². The molecule has 0 fully saturated rings. The number of rotatable bonds is 1. The Bertz CT molecular complexity index is 3000. The molecular formula is C46H29B2NO5. The van der Waals surface area contributed by atoms with Gasteiger partial charge in [-0.15, -0.1) is 0 Å². The van der Waals surface area contributed by atoms with Crippen molar-refractivity contribution in [3.63, 3.8) is 0 Å². The van der Waals surface area contributed by atoms with Crippen LogP contribution < -0.4 is 56.5 Å². The predicted molar refractivity (Wildman–Crippen MR) is 215 cm³/mol. The number of nitrogens with zero attached hydrogens (tertiary/aromatic N) is 1. The molecule has 1 aromatic heterocycles. The van der Waals surface area contributed by atoms with E-state index in [1.165, 1.54) is 10.8 Å². The largest absolute Gasteiger partial charge is 0.458 e. The molecule has 13 rings (SSSR count). The Labute approximate surface area is 311 Å². The molecule has 0 unspecified atom stereocenters. The van der Waals surface area contributed by atoms with E-state index in [1.807, 2.05) is 36.4 Å². The van der Waals surface area contributed by atoms with Gasteiger partial charge in [-0.1, -0.05) is 75.4 Å². The second-order valence-corrected chi connectivity index (χ2v) is 16.0. The van der Waals surface area contributed by atoms with E-state index in [2.05, 4.69) is 110 Å². The van der Waals surface area contributed by atoms with E-state index in [-0.39, 0.29) is 18.8 Å². The zero-order chi connectivity index (χ0) is 35.6. The first-order chi connectivity index (χ1) is 26.4. The normalized spacial score (nSPS) is 14.5. The van der Waals surface area contributed by atoms with Gasteiger partial charge in [0.15, 0.2) is 0 Å². The SMILES string of the molecule is CC(C)(C)c1cc2c3c(c1)Oc1cccc4c1B3c1cc3c(cc1O2)Oc1cc(-n2c5ccccc5c5ccccc52)cc2c1B3c1c(cccc1O4)O2. The summed E-state index contributed by atoms with van der Waals surface area (Å²) in [7, 11) is 0. The fourth-order valence-electron chi connectivity index (χ4n) is 9.56. The molecular weight excluding hydrogens is 668 g/mol. The van der Waals surface area contributed by atoms with Crippen molar-refractivity contribution in [2.75, 3.05) is 0 Å². The third-order valence-corrected chi connectivity index (χ3v) is 12.0. The van der Waals surface area contributed by atoms with Crippen molar-refractivity contribution in [1.29, 1.82) is 0 Å². The first-order valence-corrected chi connectivity index (χ1v) is 18.6. The number of para-hydroxylation sites is 2. The van der Waals surface area contributed by atoms with Crippen LogP contribution in [-0.4, -0.2) is 18.0 Å². The average Bonchev–Trinajstić information content (AvgIpc) is 3.51. The minimum Gasteiger partial charge on any atom is -0.458 e. The Hall–Kier alpha value is -6.53. The number of aromatic nitrogens is 1. The second-order valence-electron chi connectivity index (χ2n) is 16.0.